The first-order valence-corrected chi connectivity index (χ1v) is 3.83. The molecule has 0 heterocycles. The Kier molecular flexibility index (Phi) is 4.47. The van der Waals surface area contributed by atoms with E-state index in [2.05, 4.69) is 27.4 Å². The third-order valence-corrected chi connectivity index (χ3v) is 1.30. The smallest absolute Gasteiger partial charge is 0.0300 e. The van der Waals surface area contributed by atoms with Crippen molar-refractivity contribution in [2.75, 3.05) is 0 Å². The van der Waals surface area contributed by atoms with Crippen LogP contribution in [0.25, 0.3) is 0 Å². The zero-order valence-electron chi connectivity index (χ0n) is 6.91. The van der Waals surface area contributed by atoms with E-state index in [1.807, 2.05) is 0 Å². The van der Waals surface area contributed by atoms with Crippen molar-refractivity contribution in [1.82, 2.24) is 0 Å². The predicted octanol–water partition coefficient (Wildman–Crippen LogP) is 3.39. The summed E-state index contributed by atoms with van der Waals surface area (Å²) in [6.07, 6.45) is 3.65. The van der Waals surface area contributed by atoms with Crippen LogP contribution in [-0.4, -0.2) is 0 Å². The molecule has 0 aliphatic carbocycles. The second-order valence-electron chi connectivity index (χ2n) is 3.10. The minimum atomic E-state index is 0.782. The van der Waals surface area contributed by atoms with E-state index < -0.39 is 0 Å². The van der Waals surface area contributed by atoms with E-state index in [-0.39, 0.29) is 0 Å². The number of allylic oxidation sites excluding steroid dienone is 1. The molecular formula is C9H18. The molecule has 54 valence electrons. The summed E-state index contributed by atoms with van der Waals surface area (Å²) in [7, 11) is 0. The minimum Gasteiger partial charge on any atom is -0.0999 e. The van der Waals surface area contributed by atoms with Crippen LogP contribution in [0.5, 0.6) is 0 Å². The second-order valence-corrected chi connectivity index (χ2v) is 3.10. The fourth-order valence-corrected chi connectivity index (χ4v) is 1.03. The molecule has 9 heavy (non-hydrogen) atoms. The first kappa shape index (κ1) is 8.74. The maximum Gasteiger partial charge on any atom is -0.0300 e. The Bertz CT molecular complexity index is 80.0. The van der Waals surface area contributed by atoms with Crippen LogP contribution in [0.2, 0.25) is 0 Å². The molecular weight excluding hydrogens is 108 g/mol. The molecule has 0 aliphatic rings. The summed E-state index contributed by atoms with van der Waals surface area (Å²) in [4.78, 5) is 0. The normalized spacial score (nSPS) is 10.2. The lowest BCUT2D eigenvalue weighted by Crippen LogP contribution is -1.89. The van der Waals surface area contributed by atoms with Crippen molar-refractivity contribution >= 4 is 0 Å². The van der Waals surface area contributed by atoms with Crippen molar-refractivity contribution in [1.29, 1.82) is 0 Å². The van der Waals surface area contributed by atoms with Gasteiger partial charge in [-0.25, -0.2) is 0 Å². The zero-order valence-corrected chi connectivity index (χ0v) is 6.91. The monoisotopic (exact) mass is 126 g/mol. The number of hydrogen-bond donors (Lipinski definition) is 0. The number of rotatable bonds is 4. The molecule has 0 spiro atoms. The summed E-state index contributed by atoms with van der Waals surface area (Å²) < 4.78 is 0. The molecule has 0 heteroatoms. The summed E-state index contributed by atoms with van der Waals surface area (Å²) in [6.45, 7) is 10.7. The minimum absolute atomic E-state index is 0.782. The molecule has 0 N–H and O–H groups in total. The van der Waals surface area contributed by atoms with Crippen LogP contribution in [0.15, 0.2) is 12.2 Å². The largest absolute Gasteiger partial charge is 0.0999 e. The lowest BCUT2D eigenvalue weighted by Gasteiger charge is -2.05. The quantitative estimate of drug-likeness (QED) is 0.506. The summed E-state index contributed by atoms with van der Waals surface area (Å²) in [6, 6.07) is 0. The Morgan fingerprint density at radius 1 is 1.44 bits per heavy atom. The summed E-state index contributed by atoms with van der Waals surface area (Å²) >= 11 is 0. The van der Waals surface area contributed by atoms with Gasteiger partial charge in [0.15, 0.2) is 0 Å². The molecule has 0 unspecified atom stereocenters. The Hall–Kier alpha value is -0.260. The van der Waals surface area contributed by atoms with Crippen molar-refractivity contribution < 1.29 is 0 Å². The second kappa shape index (κ2) is 4.60. The Morgan fingerprint density at radius 2 is 2.00 bits per heavy atom. The van der Waals surface area contributed by atoms with E-state index in [0.717, 1.165) is 5.92 Å². The summed E-state index contributed by atoms with van der Waals surface area (Å²) in [5.41, 5.74) is 1.41. The maximum atomic E-state index is 3.98. The molecule has 0 rings (SSSR count). The van der Waals surface area contributed by atoms with Gasteiger partial charge in [-0.3, -0.25) is 0 Å². The van der Waals surface area contributed by atoms with E-state index in [9.17, 15) is 0 Å². The van der Waals surface area contributed by atoms with Gasteiger partial charge in [0.05, 0.1) is 0 Å². The molecule has 0 aromatic rings. The average molecular weight is 126 g/mol. The van der Waals surface area contributed by atoms with Crippen molar-refractivity contribution in [2.24, 2.45) is 5.92 Å². The highest BCUT2D eigenvalue weighted by atomic mass is 14.0. The van der Waals surface area contributed by atoms with Crippen LogP contribution >= 0.6 is 0 Å². The summed E-state index contributed by atoms with van der Waals surface area (Å²) in [5.74, 6) is 0.782. The van der Waals surface area contributed by atoms with E-state index in [1.165, 1.54) is 24.8 Å². The van der Waals surface area contributed by atoms with E-state index in [1.54, 1.807) is 0 Å². The first-order chi connectivity index (χ1) is 4.16. The fourth-order valence-electron chi connectivity index (χ4n) is 1.03. The molecule has 0 amide bonds. The van der Waals surface area contributed by atoms with Crippen LogP contribution in [0.3, 0.4) is 0 Å². The molecule has 0 aromatic heterocycles. The predicted molar refractivity (Wildman–Crippen MR) is 43.5 cm³/mol. The average Bonchev–Trinajstić information content (AvgIpc) is 1.63. The van der Waals surface area contributed by atoms with Gasteiger partial charge in [0.2, 0.25) is 0 Å². The third-order valence-electron chi connectivity index (χ3n) is 1.30. The van der Waals surface area contributed by atoms with Gasteiger partial charge in [0.25, 0.3) is 0 Å². The maximum absolute atomic E-state index is 3.98. The molecule has 0 saturated carbocycles. The van der Waals surface area contributed by atoms with Crippen molar-refractivity contribution in [3.05, 3.63) is 12.2 Å². The van der Waals surface area contributed by atoms with Gasteiger partial charge in [-0.2, -0.15) is 0 Å². The van der Waals surface area contributed by atoms with E-state index in [4.69, 9.17) is 0 Å². The highest BCUT2D eigenvalue weighted by Gasteiger charge is 1.95. The van der Waals surface area contributed by atoms with Gasteiger partial charge in [0.1, 0.15) is 0 Å². The standard InChI is InChI=1S/C9H18/c1-5-6-9(4)7-8(2)3/h8H,4-7H2,1-3H3. The van der Waals surface area contributed by atoms with Crippen LogP contribution < -0.4 is 0 Å². The Labute approximate surface area is 59.0 Å². The summed E-state index contributed by atoms with van der Waals surface area (Å²) in [5, 5.41) is 0. The van der Waals surface area contributed by atoms with Crippen molar-refractivity contribution in [3.8, 4) is 0 Å². The molecule has 0 bridgehead atoms. The zero-order chi connectivity index (χ0) is 7.28. The van der Waals surface area contributed by atoms with Gasteiger partial charge in [-0.1, -0.05) is 39.3 Å². The van der Waals surface area contributed by atoms with Gasteiger partial charge >= 0.3 is 0 Å². The van der Waals surface area contributed by atoms with Gasteiger partial charge in [-0.15, -0.1) is 0 Å². The molecule has 0 radical (unpaired) electrons. The van der Waals surface area contributed by atoms with E-state index >= 15 is 0 Å². The molecule has 0 aromatic carbocycles. The highest BCUT2D eigenvalue weighted by Crippen LogP contribution is 2.12. The SMILES string of the molecule is C=C(CCC)CC(C)C. The highest BCUT2D eigenvalue weighted by molar-refractivity contribution is 4.93. The third kappa shape index (κ3) is 5.61. The van der Waals surface area contributed by atoms with Crippen LogP contribution in [0.1, 0.15) is 40.0 Å². The molecule has 0 saturated heterocycles. The lowest BCUT2D eigenvalue weighted by molar-refractivity contribution is 0.623. The van der Waals surface area contributed by atoms with Crippen molar-refractivity contribution in [2.45, 2.75) is 40.0 Å². The topological polar surface area (TPSA) is 0 Å². The van der Waals surface area contributed by atoms with Crippen LogP contribution in [0, 0.1) is 5.92 Å². The molecule has 0 atom stereocenters. The first-order valence-electron chi connectivity index (χ1n) is 3.83. The molecule has 0 aliphatic heterocycles. The van der Waals surface area contributed by atoms with Gasteiger partial charge in [0, 0.05) is 0 Å². The van der Waals surface area contributed by atoms with Gasteiger partial charge in [-0.05, 0) is 18.8 Å². The Morgan fingerprint density at radius 3 is 2.33 bits per heavy atom. The number of hydrogen-bond acceptors (Lipinski definition) is 0. The molecule has 0 nitrogen and oxygen atoms in total. The van der Waals surface area contributed by atoms with Crippen LogP contribution in [-0.2, 0) is 0 Å². The van der Waals surface area contributed by atoms with Crippen molar-refractivity contribution in [3.63, 3.8) is 0 Å². The van der Waals surface area contributed by atoms with Crippen LogP contribution in [0.4, 0.5) is 0 Å². The van der Waals surface area contributed by atoms with Gasteiger partial charge < -0.3 is 0 Å². The lowest BCUT2D eigenvalue weighted by atomic mass is 10.0. The van der Waals surface area contributed by atoms with E-state index in [0.29, 0.717) is 0 Å². The molecule has 0 fully saturated rings. The fraction of sp³-hybridized carbons (Fsp3) is 0.778. The Balaban J connectivity index is 3.27.